The molecule has 0 spiro atoms. The van der Waals surface area contributed by atoms with Crippen LogP contribution in [0.25, 0.3) is 0 Å². The first-order chi connectivity index (χ1) is 5.25. The second-order valence-corrected chi connectivity index (χ2v) is 1.67. The molecule has 1 aromatic heterocycles. The van der Waals surface area contributed by atoms with E-state index in [1.807, 2.05) is 0 Å². The van der Waals surface area contributed by atoms with Gasteiger partial charge in [-0.25, -0.2) is 10.2 Å². The van der Waals surface area contributed by atoms with Gasteiger partial charge in [-0.05, 0) is 4.92 Å². The van der Waals surface area contributed by atoms with Crippen molar-refractivity contribution in [2.45, 2.75) is 0 Å². The summed E-state index contributed by atoms with van der Waals surface area (Å²) in [5.41, 5.74) is 0. The van der Waals surface area contributed by atoms with Gasteiger partial charge in [-0.15, -0.1) is 0 Å². The van der Waals surface area contributed by atoms with Crippen molar-refractivity contribution in [1.29, 1.82) is 5.26 Å². The van der Waals surface area contributed by atoms with Crippen molar-refractivity contribution >= 4 is 13.2 Å². The fourth-order valence-electron chi connectivity index (χ4n) is 0.601. The summed E-state index contributed by atoms with van der Waals surface area (Å²) in [6, 6.07) is 0. The first-order valence-corrected chi connectivity index (χ1v) is 2.65. The highest BCUT2D eigenvalue weighted by Crippen LogP contribution is 2.06. The van der Waals surface area contributed by atoms with Gasteiger partial charge in [0.05, 0.1) is 5.97 Å². The average Bonchev–Trinajstić information content (AvgIpc) is 2.36. The highest BCUT2D eigenvalue weighted by atomic mass is 16.6. The van der Waals surface area contributed by atoms with Crippen LogP contribution in [0.3, 0.4) is 0 Å². The first kappa shape index (κ1) is 7.27. The highest BCUT2D eigenvalue weighted by molar-refractivity contribution is 6.43. The Balaban J connectivity index is 2.98. The minimum atomic E-state index is -0.610. The third-order valence-electron chi connectivity index (χ3n) is 1.03. The van der Waals surface area contributed by atoms with Crippen molar-refractivity contribution in [3.8, 4) is 5.97 Å². The van der Waals surface area contributed by atoms with Crippen LogP contribution in [0.1, 0.15) is 0 Å². The van der Waals surface area contributed by atoms with Crippen LogP contribution < -0.4 is 0 Å². The summed E-state index contributed by atoms with van der Waals surface area (Å²) in [4.78, 5) is 13.1. The van der Waals surface area contributed by atoms with Crippen molar-refractivity contribution in [3.63, 3.8) is 0 Å². The minimum absolute atomic E-state index is 0.216. The van der Waals surface area contributed by atoms with E-state index in [9.17, 15) is 10.1 Å². The predicted octanol–water partition coefficient (Wildman–Crippen LogP) is -0.260. The van der Waals surface area contributed by atoms with Gasteiger partial charge in [0.2, 0.25) is 0 Å². The molecule has 0 fully saturated rings. The summed E-state index contributed by atoms with van der Waals surface area (Å²) >= 11 is 0. The minimum Gasteiger partial charge on any atom is -0.358 e. The maximum Gasteiger partial charge on any atom is 0.531 e. The van der Waals surface area contributed by atoms with E-state index < -0.39 is 4.92 Å². The van der Waals surface area contributed by atoms with Crippen molar-refractivity contribution in [1.82, 2.24) is 9.46 Å². The van der Waals surface area contributed by atoms with Crippen LogP contribution in [0.2, 0.25) is 0 Å². The van der Waals surface area contributed by atoms with E-state index >= 15 is 0 Å². The van der Waals surface area contributed by atoms with Gasteiger partial charge < -0.3 is 10.1 Å². The lowest BCUT2D eigenvalue weighted by atomic mass is 9.99. The Kier molecular flexibility index (Phi) is 1.87. The van der Waals surface area contributed by atoms with Gasteiger partial charge in [0.25, 0.3) is 0 Å². The molecule has 0 N–H and O–H groups in total. The van der Waals surface area contributed by atoms with Gasteiger partial charge in [-0.1, -0.05) is 0 Å². The Labute approximate surface area is 62.5 Å². The quantitative estimate of drug-likeness (QED) is 0.329. The van der Waals surface area contributed by atoms with E-state index in [1.165, 1.54) is 6.33 Å². The number of nitro groups is 1. The molecular weight excluding hydrogens is 147 g/mol. The highest BCUT2D eigenvalue weighted by Gasteiger charge is 2.13. The molecule has 0 aliphatic rings. The Hall–Kier alpha value is -1.84. The Bertz CT molecular complexity index is 314. The molecule has 6 nitrogen and oxygen atoms in total. The second-order valence-electron chi connectivity index (χ2n) is 1.67. The maximum absolute atomic E-state index is 10.2. The zero-order valence-electron chi connectivity index (χ0n) is 5.34. The van der Waals surface area contributed by atoms with Crippen molar-refractivity contribution in [2.75, 3.05) is 0 Å². The monoisotopic (exact) mass is 149 g/mol. The molecule has 0 bridgehead atoms. The molecule has 53 valence electrons. The van der Waals surface area contributed by atoms with Crippen molar-refractivity contribution in [2.24, 2.45) is 0 Å². The number of nitriles is 1. The molecule has 0 aliphatic heterocycles. The zero-order chi connectivity index (χ0) is 8.27. The van der Waals surface area contributed by atoms with Gasteiger partial charge in [-0.2, -0.15) is 0 Å². The van der Waals surface area contributed by atoms with Gasteiger partial charge in [-0.3, -0.25) is 4.48 Å². The molecule has 11 heavy (non-hydrogen) atoms. The Morgan fingerprint density at radius 1 is 1.91 bits per heavy atom. The van der Waals surface area contributed by atoms with E-state index in [-0.39, 0.29) is 5.82 Å². The van der Waals surface area contributed by atoms with E-state index in [0.29, 0.717) is 0 Å². The Morgan fingerprint density at radius 2 is 2.64 bits per heavy atom. The number of rotatable bonds is 2. The molecule has 0 saturated carbocycles. The van der Waals surface area contributed by atoms with Gasteiger partial charge in [0, 0.05) is 0 Å². The van der Waals surface area contributed by atoms with Crippen molar-refractivity contribution in [3.05, 3.63) is 22.6 Å². The number of hydrogen-bond acceptors (Lipinski definition) is 4. The maximum atomic E-state index is 10.2. The summed E-state index contributed by atoms with van der Waals surface area (Å²) in [5.74, 6) is 1.44. The molecule has 0 atom stereocenters. The summed E-state index contributed by atoms with van der Waals surface area (Å²) in [6.45, 7) is 0. The summed E-state index contributed by atoms with van der Waals surface area (Å²) in [5, 5.41) is 18.3. The topological polar surface area (TPSA) is 84.8 Å². The normalized spacial score (nSPS) is 8.64. The van der Waals surface area contributed by atoms with Gasteiger partial charge >= 0.3 is 13.2 Å². The van der Waals surface area contributed by atoms with Crippen LogP contribution in [-0.4, -0.2) is 21.8 Å². The first-order valence-electron chi connectivity index (χ1n) is 2.65. The summed E-state index contributed by atoms with van der Waals surface area (Å²) in [6.07, 6.45) is 2.27. The lowest BCUT2D eigenvalue weighted by Gasteiger charge is -1.91. The van der Waals surface area contributed by atoms with Crippen LogP contribution in [0, 0.1) is 21.3 Å². The van der Waals surface area contributed by atoms with E-state index in [1.54, 1.807) is 5.97 Å². The lowest BCUT2D eigenvalue weighted by Crippen LogP contribution is -2.05. The zero-order valence-corrected chi connectivity index (χ0v) is 5.34. The molecule has 0 saturated heterocycles. The smallest absolute Gasteiger partial charge is 0.358 e. The molecule has 1 heterocycles. The average molecular weight is 149 g/mol. The number of hydrogen-bond donors (Lipinski definition) is 0. The standard InChI is InChI=1S/C4H2BN4O2/c6-2-5-8-3-7-1-4(8)9(10)11/h1,3H. The summed E-state index contributed by atoms with van der Waals surface area (Å²) < 4.78 is 1.04. The fourth-order valence-corrected chi connectivity index (χ4v) is 0.601. The number of nitrogens with zero attached hydrogens (tertiary/aromatic N) is 4. The van der Waals surface area contributed by atoms with Crippen LogP contribution >= 0.6 is 0 Å². The lowest BCUT2D eigenvalue weighted by molar-refractivity contribution is -0.390. The molecule has 0 aromatic carbocycles. The number of aromatic nitrogens is 2. The van der Waals surface area contributed by atoms with E-state index in [2.05, 4.69) is 4.98 Å². The molecule has 0 aliphatic carbocycles. The molecule has 0 amide bonds. The molecule has 1 rings (SSSR count). The van der Waals surface area contributed by atoms with Crippen LogP contribution in [0.15, 0.2) is 12.5 Å². The van der Waals surface area contributed by atoms with Crippen LogP contribution in [-0.2, 0) is 0 Å². The van der Waals surface area contributed by atoms with Crippen LogP contribution in [0.5, 0.6) is 0 Å². The van der Waals surface area contributed by atoms with Crippen molar-refractivity contribution < 1.29 is 4.92 Å². The molecule has 7 heteroatoms. The molecule has 0 unspecified atom stereocenters. The molecular formula is C4H2BN4O2. The number of imidazole rings is 1. The second kappa shape index (κ2) is 2.83. The van der Waals surface area contributed by atoms with E-state index in [4.69, 9.17) is 5.26 Å². The third kappa shape index (κ3) is 1.35. The SMILES string of the molecule is N#C[B]n1cncc1[N+](=O)[O-]. The third-order valence-corrected chi connectivity index (χ3v) is 1.03. The van der Waals surface area contributed by atoms with E-state index in [0.717, 1.165) is 18.1 Å². The largest absolute Gasteiger partial charge is 0.531 e. The Morgan fingerprint density at radius 3 is 3.18 bits per heavy atom. The van der Waals surface area contributed by atoms with Crippen LogP contribution in [0.4, 0.5) is 5.82 Å². The fraction of sp³-hybridized carbons (Fsp3) is 0. The predicted molar refractivity (Wildman–Crippen MR) is 35.6 cm³/mol. The van der Waals surface area contributed by atoms with Gasteiger partial charge in [0.15, 0.2) is 6.33 Å². The molecule has 1 aromatic rings. The molecule has 1 radical (unpaired) electrons. The van der Waals surface area contributed by atoms with Gasteiger partial charge in [0.1, 0.15) is 6.20 Å². The summed E-state index contributed by atoms with van der Waals surface area (Å²) in [7, 11) is 1.01.